The Morgan fingerprint density at radius 2 is 2.12 bits per heavy atom. The summed E-state index contributed by atoms with van der Waals surface area (Å²) in [4.78, 5) is 11.5. The van der Waals surface area contributed by atoms with Crippen molar-refractivity contribution in [2.75, 3.05) is 12.4 Å². The molecule has 8 heteroatoms. The molecule has 0 aliphatic rings. The summed E-state index contributed by atoms with van der Waals surface area (Å²) in [7, 11) is -2.35. The first kappa shape index (κ1) is 14.0. The van der Waals surface area contributed by atoms with Crippen LogP contribution in [-0.4, -0.2) is 39.1 Å². The van der Waals surface area contributed by atoms with Crippen molar-refractivity contribution < 1.29 is 22.5 Å². The van der Waals surface area contributed by atoms with E-state index in [-0.39, 0.29) is 10.6 Å². The molecule has 1 aromatic rings. The van der Waals surface area contributed by atoms with Gasteiger partial charge in [0, 0.05) is 0 Å². The van der Waals surface area contributed by atoms with Crippen LogP contribution in [0.4, 0.5) is 0 Å². The molecule has 0 amide bonds. The van der Waals surface area contributed by atoms with Gasteiger partial charge in [-0.3, -0.25) is 4.55 Å². The highest BCUT2D eigenvalue weighted by Crippen LogP contribution is 2.14. The Kier molecular flexibility index (Phi) is 4.56. The summed E-state index contributed by atoms with van der Waals surface area (Å²) in [5.74, 6) is -1.36. The fraction of sp³-hybridized carbons (Fsp3) is 0.222. The second-order valence-electron chi connectivity index (χ2n) is 3.41. The number of rotatable bonds is 4. The van der Waals surface area contributed by atoms with Crippen LogP contribution in [0.15, 0.2) is 18.2 Å². The summed E-state index contributed by atoms with van der Waals surface area (Å²) in [5.41, 5.74) is 0.998. The van der Waals surface area contributed by atoms with Gasteiger partial charge in [0.2, 0.25) is 0 Å². The third-order valence-corrected chi connectivity index (χ3v) is 2.93. The number of esters is 1. The molecule has 5 nitrogen and oxygen atoms in total. The Labute approximate surface area is 105 Å². The number of carbonyl (C=O) groups is 1. The highest BCUT2D eigenvalue weighted by atomic mass is 35.5. The third kappa shape index (κ3) is 4.76. The number of hydrogen-bond donors (Lipinski definition) is 1. The van der Waals surface area contributed by atoms with Gasteiger partial charge in [-0.05, 0) is 6.07 Å². The monoisotopic (exact) mass is 276 g/mol. The molecule has 0 heterocycles. The molecule has 0 aromatic heterocycles. The van der Waals surface area contributed by atoms with E-state index in [2.05, 4.69) is 4.74 Å². The van der Waals surface area contributed by atoms with Gasteiger partial charge in [-0.25, -0.2) is 4.79 Å². The van der Waals surface area contributed by atoms with Gasteiger partial charge in [0.25, 0.3) is 10.1 Å². The number of benzene rings is 1. The Balaban J connectivity index is 2.67. The van der Waals surface area contributed by atoms with E-state index >= 15 is 0 Å². The van der Waals surface area contributed by atoms with Crippen molar-refractivity contribution in [2.45, 2.75) is 0 Å². The van der Waals surface area contributed by atoms with Crippen molar-refractivity contribution in [1.29, 1.82) is 0 Å². The van der Waals surface area contributed by atoms with Crippen LogP contribution in [0.3, 0.4) is 0 Å². The predicted molar refractivity (Wildman–Crippen MR) is 66.3 cm³/mol. The van der Waals surface area contributed by atoms with Gasteiger partial charge in [0.05, 0.1) is 10.6 Å². The average Bonchev–Trinajstić information content (AvgIpc) is 2.19. The maximum atomic E-state index is 11.5. The van der Waals surface area contributed by atoms with Gasteiger partial charge in [0.1, 0.15) is 20.2 Å². The molecule has 0 aliphatic heterocycles. The van der Waals surface area contributed by atoms with Crippen LogP contribution < -0.4 is 5.46 Å². The first-order chi connectivity index (χ1) is 7.79. The van der Waals surface area contributed by atoms with Crippen LogP contribution >= 0.6 is 11.6 Å². The largest absolute Gasteiger partial charge is 0.461 e. The Morgan fingerprint density at radius 1 is 1.47 bits per heavy atom. The molecule has 0 atom stereocenters. The Hall–Kier alpha value is -1.05. The number of halogens is 1. The number of carbonyl (C=O) groups excluding carboxylic acids is 1. The van der Waals surface area contributed by atoms with Crippen molar-refractivity contribution in [3.8, 4) is 0 Å². The third-order valence-electron chi connectivity index (χ3n) is 1.92. The van der Waals surface area contributed by atoms with E-state index < -0.39 is 28.4 Å². The summed E-state index contributed by atoms with van der Waals surface area (Å²) in [6.07, 6.45) is 0. The smallest absolute Gasteiger partial charge is 0.339 e. The second-order valence-corrected chi connectivity index (χ2v) is 5.38. The predicted octanol–water partition coefficient (Wildman–Crippen LogP) is -0.357. The number of ether oxygens (including phenoxy) is 1. The zero-order chi connectivity index (χ0) is 13.1. The molecule has 0 aliphatic carbocycles. The van der Waals surface area contributed by atoms with Gasteiger partial charge in [-0.1, -0.05) is 29.2 Å². The van der Waals surface area contributed by atoms with Crippen molar-refractivity contribution in [3.63, 3.8) is 0 Å². The first-order valence-corrected chi connectivity index (χ1v) is 6.67. The van der Waals surface area contributed by atoms with Crippen molar-refractivity contribution in [2.24, 2.45) is 0 Å². The lowest BCUT2D eigenvalue weighted by Crippen LogP contribution is -2.16. The molecule has 0 fully saturated rings. The van der Waals surface area contributed by atoms with Crippen molar-refractivity contribution in [1.82, 2.24) is 0 Å². The molecule has 92 valence electrons. The molecule has 0 unspecified atom stereocenters. The van der Waals surface area contributed by atoms with Crippen LogP contribution in [0.25, 0.3) is 0 Å². The van der Waals surface area contributed by atoms with E-state index in [1.54, 1.807) is 20.0 Å². The van der Waals surface area contributed by atoms with Crippen LogP contribution in [0.1, 0.15) is 10.4 Å². The quantitative estimate of drug-likeness (QED) is 0.461. The van der Waals surface area contributed by atoms with E-state index in [1.807, 2.05) is 0 Å². The molecule has 0 saturated carbocycles. The van der Waals surface area contributed by atoms with Gasteiger partial charge >= 0.3 is 5.97 Å². The zero-order valence-corrected chi connectivity index (χ0v) is 10.6. The van der Waals surface area contributed by atoms with Gasteiger partial charge in [-0.2, -0.15) is 8.42 Å². The summed E-state index contributed by atoms with van der Waals surface area (Å²) < 4.78 is 33.9. The summed E-state index contributed by atoms with van der Waals surface area (Å²) >= 11 is 5.79. The van der Waals surface area contributed by atoms with Crippen LogP contribution in [0.2, 0.25) is 5.02 Å². The van der Waals surface area contributed by atoms with Crippen molar-refractivity contribution >= 4 is 41.0 Å². The highest BCUT2D eigenvalue weighted by molar-refractivity contribution is 7.85. The topological polar surface area (TPSA) is 80.7 Å². The lowest BCUT2D eigenvalue weighted by Gasteiger charge is -2.06. The summed E-state index contributed by atoms with van der Waals surface area (Å²) in [6.45, 7) is -0.415. The van der Waals surface area contributed by atoms with Gasteiger partial charge in [-0.15, -0.1) is 0 Å². The molecule has 0 spiro atoms. The van der Waals surface area contributed by atoms with E-state index in [9.17, 15) is 13.2 Å². The summed E-state index contributed by atoms with van der Waals surface area (Å²) in [5, 5.41) is 0.229. The molecule has 0 bridgehead atoms. The summed E-state index contributed by atoms with van der Waals surface area (Å²) in [6, 6.07) is 4.83. The second kappa shape index (κ2) is 5.53. The first-order valence-electron chi connectivity index (χ1n) is 4.68. The average molecular weight is 277 g/mol. The maximum absolute atomic E-state index is 11.5. The highest BCUT2D eigenvalue weighted by Gasteiger charge is 2.13. The van der Waals surface area contributed by atoms with E-state index in [0.29, 0.717) is 0 Å². The minimum Gasteiger partial charge on any atom is -0.461 e. The minimum absolute atomic E-state index is 0.169. The van der Waals surface area contributed by atoms with E-state index in [1.165, 1.54) is 6.07 Å². The Bertz CT molecular complexity index is 528. The fourth-order valence-corrected chi connectivity index (χ4v) is 1.60. The molecule has 0 saturated heterocycles. The number of hydrogen-bond acceptors (Lipinski definition) is 4. The van der Waals surface area contributed by atoms with E-state index in [4.69, 9.17) is 16.2 Å². The molecule has 1 rings (SSSR count). The van der Waals surface area contributed by atoms with Crippen LogP contribution in [-0.2, 0) is 14.9 Å². The van der Waals surface area contributed by atoms with Gasteiger partial charge in [0.15, 0.2) is 0 Å². The normalized spacial score (nSPS) is 11.2. The molecule has 0 radical (unpaired) electrons. The lowest BCUT2D eigenvalue weighted by molar-refractivity contribution is 0.0528. The molecule has 17 heavy (non-hydrogen) atoms. The van der Waals surface area contributed by atoms with Crippen molar-refractivity contribution in [3.05, 3.63) is 28.8 Å². The molecule has 1 aromatic carbocycles. The standard InChI is InChI=1S/C9H10BClO5S/c10-6-1-2-8(11)7(5-6)9(12)16-3-4-17(13,14)15/h1-2,5H,3-4,10H2,(H,13,14,15). The Morgan fingerprint density at radius 3 is 2.71 bits per heavy atom. The van der Waals surface area contributed by atoms with Crippen LogP contribution in [0, 0.1) is 0 Å². The molecule has 1 N–H and O–H groups in total. The zero-order valence-electron chi connectivity index (χ0n) is 9.01. The minimum atomic E-state index is -4.13. The van der Waals surface area contributed by atoms with E-state index in [0.717, 1.165) is 5.46 Å². The SMILES string of the molecule is Bc1ccc(Cl)c(C(=O)OCCS(=O)(=O)O)c1. The van der Waals surface area contributed by atoms with Crippen LogP contribution in [0.5, 0.6) is 0 Å². The van der Waals surface area contributed by atoms with Gasteiger partial charge < -0.3 is 4.74 Å². The molecular weight excluding hydrogens is 266 g/mol. The maximum Gasteiger partial charge on any atom is 0.339 e. The fourth-order valence-electron chi connectivity index (χ4n) is 1.11. The molecular formula is C9H10BClO5S. The lowest BCUT2D eigenvalue weighted by atomic mass is 9.94.